The van der Waals surface area contributed by atoms with Gasteiger partial charge in [0.15, 0.2) is 5.65 Å². The average molecular weight is 435 g/mol. The van der Waals surface area contributed by atoms with Gasteiger partial charge in [0.05, 0.1) is 11.9 Å². The van der Waals surface area contributed by atoms with Gasteiger partial charge in [0.2, 0.25) is 5.91 Å². The number of nitrogens with one attached hydrogen (secondary N) is 1. The molecule has 31 heavy (non-hydrogen) atoms. The Kier molecular flexibility index (Phi) is 6.32. The molecule has 7 heteroatoms. The molecule has 2 aromatic heterocycles. The number of carbonyl (C=O) groups is 1. The van der Waals surface area contributed by atoms with E-state index in [1.165, 1.54) is 29.5 Å². The van der Waals surface area contributed by atoms with E-state index >= 15 is 0 Å². The van der Waals surface area contributed by atoms with Gasteiger partial charge < -0.3 is 5.32 Å². The molecule has 0 aliphatic carbocycles. The van der Waals surface area contributed by atoms with Crippen molar-refractivity contribution in [1.29, 1.82) is 0 Å². The first-order chi connectivity index (χ1) is 15.0. The highest BCUT2D eigenvalue weighted by Gasteiger charge is 2.14. The molecule has 0 saturated heterocycles. The summed E-state index contributed by atoms with van der Waals surface area (Å²) in [5.74, 6) is 0.218. The number of aryl methyl sites for hydroxylation is 1. The number of hydrogen-bond acceptors (Lipinski definition) is 4. The van der Waals surface area contributed by atoms with E-state index in [4.69, 9.17) is 0 Å². The molecule has 4 aromatic rings. The van der Waals surface area contributed by atoms with Gasteiger partial charge in [0.25, 0.3) is 0 Å². The fourth-order valence-electron chi connectivity index (χ4n) is 3.34. The lowest BCUT2D eigenvalue weighted by molar-refractivity contribution is -0.118. The molecule has 0 radical (unpaired) electrons. The van der Waals surface area contributed by atoms with Gasteiger partial charge in [-0.2, -0.15) is 5.10 Å². The van der Waals surface area contributed by atoms with Crippen molar-refractivity contribution in [2.45, 2.75) is 24.8 Å². The topological polar surface area (TPSA) is 59.3 Å². The van der Waals surface area contributed by atoms with Gasteiger partial charge >= 0.3 is 0 Å². The standard InChI is InChI=1S/C24H23FN4OS/c1-16(18-6-4-3-5-7-18)13-26-22(30)15-31-23-12-17(2)28-24-21(14-27-29(23)24)19-8-10-20(25)11-9-19/h3-12,14,16H,13,15H2,1-2H3,(H,26,30). The maximum Gasteiger partial charge on any atom is 0.230 e. The first-order valence-electron chi connectivity index (χ1n) is 10.1. The van der Waals surface area contributed by atoms with E-state index in [9.17, 15) is 9.18 Å². The third-order valence-corrected chi connectivity index (χ3v) is 6.04. The number of aromatic nitrogens is 3. The molecular formula is C24H23FN4OS. The van der Waals surface area contributed by atoms with Crippen LogP contribution < -0.4 is 5.32 Å². The van der Waals surface area contributed by atoms with E-state index in [1.54, 1.807) is 22.8 Å². The minimum atomic E-state index is -0.284. The van der Waals surface area contributed by atoms with Crippen molar-refractivity contribution in [1.82, 2.24) is 19.9 Å². The van der Waals surface area contributed by atoms with Gasteiger partial charge in [-0.3, -0.25) is 4.79 Å². The van der Waals surface area contributed by atoms with Crippen molar-refractivity contribution < 1.29 is 9.18 Å². The molecule has 0 aliphatic heterocycles. The van der Waals surface area contributed by atoms with E-state index in [0.717, 1.165) is 21.8 Å². The zero-order valence-corrected chi connectivity index (χ0v) is 18.2. The summed E-state index contributed by atoms with van der Waals surface area (Å²) in [7, 11) is 0. The van der Waals surface area contributed by atoms with Crippen LogP contribution >= 0.6 is 11.8 Å². The second-order valence-corrected chi connectivity index (χ2v) is 8.44. The Morgan fingerprint density at radius 1 is 1.16 bits per heavy atom. The molecule has 2 heterocycles. The third kappa shape index (κ3) is 4.94. The van der Waals surface area contributed by atoms with Crippen LogP contribution in [0.25, 0.3) is 16.8 Å². The predicted octanol–water partition coefficient (Wildman–Crippen LogP) is 4.86. The van der Waals surface area contributed by atoms with Gasteiger partial charge in [-0.15, -0.1) is 0 Å². The summed E-state index contributed by atoms with van der Waals surface area (Å²) in [5, 5.41) is 8.30. The molecule has 1 atom stereocenters. The molecule has 5 nitrogen and oxygen atoms in total. The van der Waals surface area contributed by atoms with Crippen LogP contribution in [0.2, 0.25) is 0 Å². The number of carbonyl (C=O) groups excluding carboxylic acids is 1. The summed E-state index contributed by atoms with van der Waals surface area (Å²) >= 11 is 1.42. The Balaban J connectivity index is 1.45. The van der Waals surface area contributed by atoms with Gasteiger partial charge in [0.1, 0.15) is 10.8 Å². The Bertz CT molecular complexity index is 1190. The van der Waals surface area contributed by atoms with Crippen molar-refractivity contribution in [3.8, 4) is 11.1 Å². The third-order valence-electron chi connectivity index (χ3n) is 5.05. The van der Waals surface area contributed by atoms with Crippen LogP contribution in [0.1, 0.15) is 24.1 Å². The highest BCUT2D eigenvalue weighted by molar-refractivity contribution is 7.99. The molecule has 0 spiro atoms. The Morgan fingerprint density at radius 2 is 1.90 bits per heavy atom. The van der Waals surface area contributed by atoms with E-state index in [0.29, 0.717) is 12.2 Å². The second-order valence-electron chi connectivity index (χ2n) is 7.44. The number of hydrogen-bond donors (Lipinski definition) is 1. The monoisotopic (exact) mass is 434 g/mol. The van der Waals surface area contributed by atoms with E-state index < -0.39 is 0 Å². The number of fused-ring (bicyclic) bond motifs is 1. The van der Waals surface area contributed by atoms with Crippen molar-refractivity contribution in [3.63, 3.8) is 0 Å². The maximum atomic E-state index is 13.3. The van der Waals surface area contributed by atoms with Crippen LogP contribution in [-0.4, -0.2) is 32.8 Å². The highest BCUT2D eigenvalue weighted by Crippen LogP contribution is 2.27. The minimum absolute atomic E-state index is 0.0266. The fourth-order valence-corrected chi connectivity index (χ4v) is 4.23. The lowest BCUT2D eigenvalue weighted by Gasteiger charge is -2.13. The van der Waals surface area contributed by atoms with Crippen molar-refractivity contribution >= 4 is 23.3 Å². The smallest absolute Gasteiger partial charge is 0.230 e. The molecule has 0 bridgehead atoms. The lowest BCUT2D eigenvalue weighted by atomic mass is 10.0. The van der Waals surface area contributed by atoms with Crippen LogP contribution in [0.5, 0.6) is 0 Å². The molecule has 1 N–H and O–H groups in total. The molecule has 0 aliphatic rings. The minimum Gasteiger partial charge on any atom is -0.355 e. The number of benzene rings is 2. The first-order valence-corrected chi connectivity index (χ1v) is 11.1. The van der Waals surface area contributed by atoms with Crippen molar-refractivity contribution in [3.05, 3.63) is 83.9 Å². The second kappa shape index (κ2) is 9.31. The predicted molar refractivity (Wildman–Crippen MR) is 122 cm³/mol. The SMILES string of the molecule is Cc1cc(SCC(=O)NCC(C)c2ccccc2)n2ncc(-c3ccc(F)cc3)c2n1. The first kappa shape index (κ1) is 21.1. The molecule has 158 valence electrons. The van der Waals surface area contributed by atoms with E-state index in [1.807, 2.05) is 31.2 Å². The van der Waals surface area contributed by atoms with Crippen LogP contribution in [0.3, 0.4) is 0 Å². The Labute approximate surface area is 184 Å². The molecule has 1 amide bonds. The number of halogens is 1. The summed E-state index contributed by atoms with van der Waals surface area (Å²) in [6.07, 6.45) is 1.72. The summed E-state index contributed by atoms with van der Waals surface area (Å²) < 4.78 is 15.0. The molecule has 0 saturated carbocycles. The number of amides is 1. The summed E-state index contributed by atoms with van der Waals surface area (Å²) in [6, 6.07) is 18.3. The number of rotatable bonds is 7. The average Bonchev–Trinajstić information content (AvgIpc) is 3.20. The van der Waals surface area contributed by atoms with Gasteiger partial charge in [-0.25, -0.2) is 13.9 Å². The van der Waals surface area contributed by atoms with Gasteiger partial charge in [-0.1, -0.05) is 61.2 Å². The normalized spacial score (nSPS) is 12.1. The molecule has 1 unspecified atom stereocenters. The molecule has 2 aromatic carbocycles. The summed E-state index contributed by atoms with van der Waals surface area (Å²) in [6.45, 7) is 4.59. The maximum absolute atomic E-state index is 13.3. The molecule has 0 fully saturated rings. The largest absolute Gasteiger partial charge is 0.355 e. The Hall–Kier alpha value is -3.19. The molecular weight excluding hydrogens is 411 g/mol. The number of thioether (sulfide) groups is 1. The fraction of sp³-hybridized carbons (Fsp3) is 0.208. The Morgan fingerprint density at radius 3 is 2.65 bits per heavy atom. The van der Waals surface area contributed by atoms with Gasteiger partial charge in [0, 0.05) is 17.8 Å². The lowest BCUT2D eigenvalue weighted by Crippen LogP contribution is -2.29. The van der Waals surface area contributed by atoms with Crippen LogP contribution in [-0.2, 0) is 4.79 Å². The van der Waals surface area contributed by atoms with E-state index in [2.05, 4.69) is 34.5 Å². The zero-order valence-electron chi connectivity index (χ0n) is 17.4. The zero-order chi connectivity index (χ0) is 21.8. The van der Waals surface area contributed by atoms with Crippen molar-refractivity contribution in [2.24, 2.45) is 0 Å². The van der Waals surface area contributed by atoms with Crippen LogP contribution in [0.4, 0.5) is 4.39 Å². The van der Waals surface area contributed by atoms with Crippen LogP contribution in [0, 0.1) is 12.7 Å². The molecule has 4 rings (SSSR count). The van der Waals surface area contributed by atoms with Gasteiger partial charge in [-0.05, 0) is 42.2 Å². The van der Waals surface area contributed by atoms with E-state index in [-0.39, 0.29) is 23.4 Å². The van der Waals surface area contributed by atoms with Crippen molar-refractivity contribution in [2.75, 3.05) is 12.3 Å². The quantitative estimate of drug-likeness (QED) is 0.334. The summed E-state index contributed by atoms with van der Waals surface area (Å²) in [4.78, 5) is 17.0. The highest BCUT2D eigenvalue weighted by atomic mass is 32.2. The number of nitrogens with zero attached hydrogens (tertiary/aromatic N) is 3. The summed E-state index contributed by atoms with van der Waals surface area (Å²) in [5.41, 5.74) is 4.39. The van der Waals surface area contributed by atoms with Crippen LogP contribution in [0.15, 0.2) is 71.9 Å².